The van der Waals surface area contributed by atoms with Crippen LogP contribution in [-0.2, 0) is 11.3 Å². The first-order chi connectivity index (χ1) is 8.81. The molecule has 0 saturated heterocycles. The van der Waals surface area contributed by atoms with Gasteiger partial charge in [-0.3, -0.25) is 9.48 Å². The Labute approximate surface area is 108 Å². The van der Waals surface area contributed by atoms with Gasteiger partial charge in [-0.25, -0.2) is 0 Å². The van der Waals surface area contributed by atoms with E-state index in [2.05, 4.69) is 20.6 Å². The zero-order chi connectivity index (χ0) is 12.4. The summed E-state index contributed by atoms with van der Waals surface area (Å²) in [6.07, 6.45) is 6.32. The van der Waals surface area contributed by atoms with E-state index in [0.29, 0.717) is 24.0 Å². The predicted octanol–water partition coefficient (Wildman–Crippen LogP) is 1.64. The second-order valence-electron chi connectivity index (χ2n) is 4.29. The van der Waals surface area contributed by atoms with Crippen LogP contribution < -0.4 is 5.32 Å². The first kappa shape index (κ1) is 11.3. The number of hydrogen-bond donors (Lipinski definition) is 1. The minimum Gasteiger partial charge on any atom is -0.300 e. The summed E-state index contributed by atoms with van der Waals surface area (Å²) in [6.45, 7) is 0.577. The number of aromatic nitrogens is 4. The lowest BCUT2D eigenvalue weighted by Gasteiger charge is -2.01. The van der Waals surface area contributed by atoms with E-state index in [1.807, 2.05) is 12.3 Å². The molecular weight excluding hydrogens is 250 g/mol. The molecule has 0 bridgehead atoms. The molecule has 0 aromatic carbocycles. The van der Waals surface area contributed by atoms with Crippen LogP contribution in [0.3, 0.4) is 0 Å². The number of rotatable bonds is 5. The lowest BCUT2D eigenvalue weighted by molar-refractivity contribution is -0.116. The molecule has 0 unspecified atom stereocenters. The average molecular weight is 263 g/mol. The lowest BCUT2D eigenvalue weighted by atomic mass is 10.4. The van der Waals surface area contributed by atoms with E-state index >= 15 is 0 Å². The van der Waals surface area contributed by atoms with E-state index in [1.165, 1.54) is 24.2 Å². The molecule has 1 saturated carbocycles. The molecule has 0 atom stereocenters. The maximum Gasteiger partial charge on any atom is 0.228 e. The van der Waals surface area contributed by atoms with Gasteiger partial charge in [0.25, 0.3) is 0 Å². The van der Waals surface area contributed by atoms with Gasteiger partial charge >= 0.3 is 0 Å². The van der Waals surface area contributed by atoms with Crippen LogP contribution in [0.1, 0.15) is 30.2 Å². The van der Waals surface area contributed by atoms with Gasteiger partial charge in [-0.05, 0) is 18.9 Å². The number of carbonyl (C=O) groups is 1. The molecule has 0 spiro atoms. The molecule has 94 valence electrons. The van der Waals surface area contributed by atoms with E-state index in [9.17, 15) is 4.79 Å². The minimum atomic E-state index is -0.0519. The summed E-state index contributed by atoms with van der Waals surface area (Å²) in [5.41, 5.74) is 0. The van der Waals surface area contributed by atoms with Gasteiger partial charge in [0.2, 0.25) is 11.0 Å². The fourth-order valence-corrected chi connectivity index (χ4v) is 2.54. The SMILES string of the molecule is O=C(CCn1cccn1)Nc1nnc(C2CC2)s1. The number of anilines is 1. The summed E-state index contributed by atoms with van der Waals surface area (Å²) in [5.74, 6) is 0.529. The molecule has 18 heavy (non-hydrogen) atoms. The van der Waals surface area contributed by atoms with Gasteiger partial charge in [0.15, 0.2) is 0 Å². The lowest BCUT2D eigenvalue weighted by Crippen LogP contribution is -2.14. The quantitative estimate of drug-likeness (QED) is 0.890. The van der Waals surface area contributed by atoms with Crippen molar-refractivity contribution in [3.8, 4) is 0 Å². The van der Waals surface area contributed by atoms with E-state index < -0.39 is 0 Å². The number of amides is 1. The normalized spacial score (nSPS) is 14.7. The number of aryl methyl sites for hydroxylation is 1. The third kappa shape index (κ3) is 2.73. The topological polar surface area (TPSA) is 72.7 Å². The number of hydrogen-bond acceptors (Lipinski definition) is 5. The van der Waals surface area contributed by atoms with Crippen LogP contribution in [0.25, 0.3) is 0 Å². The highest BCUT2D eigenvalue weighted by Crippen LogP contribution is 2.41. The molecule has 0 radical (unpaired) electrons. The van der Waals surface area contributed by atoms with Gasteiger partial charge in [-0.15, -0.1) is 10.2 Å². The fraction of sp³-hybridized carbons (Fsp3) is 0.455. The summed E-state index contributed by atoms with van der Waals surface area (Å²) >= 11 is 1.48. The first-order valence-corrected chi connectivity index (χ1v) is 6.73. The highest BCUT2D eigenvalue weighted by molar-refractivity contribution is 7.15. The Morgan fingerprint density at radius 1 is 1.50 bits per heavy atom. The van der Waals surface area contributed by atoms with E-state index in [0.717, 1.165) is 5.01 Å². The molecule has 1 N–H and O–H groups in total. The number of nitrogens with one attached hydrogen (secondary N) is 1. The Morgan fingerprint density at radius 2 is 2.39 bits per heavy atom. The Kier molecular flexibility index (Phi) is 3.06. The van der Waals surface area contributed by atoms with Crippen LogP contribution in [0.15, 0.2) is 18.5 Å². The third-order valence-electron chi connectivity index (χ3n) is 2.74. The van der Waals surface area contributed by atoms with Gasteiger partial charge < -0.3 is 5.32 Å². The van der Waals surface area contributed by atoms with E-state index in [4.69, 9.17) is 0 Å². The van der Waals surface area contributed by atoms with Gasteiger partial charge in [-0.2, -0.15) is 5.10 Å². The molecule has 2 aromatic heterocycles. The van der Waals surface area contributed by atoms with Crippen molar-refractivity contribution in [3.63, 3.8) is 0 Å². The van der Waals surface area contributed by atoms with Crippen molar-refractivity contribution in [2.45, 2.75) is 31.7 Å². The molecule has 2 heterocycles. The van der Waals surface area contributed by atoms with Gasteiger partial charge in [0.1, 0.15) is 5.01 Å². The van der Waals surface area contributed by atoms with Crippen molar-refractivity contribution in [2.24, 2.45) is 0 Å². The molecule has 6 nitrogen and oxygen atoms in total. The molecule has 1 fully saturated rings. The summed E-state index contributed by atoms with van der Waals surface area (Å²) in [6, 6.07) is 1.84. The van der Waals surface area contributed by atoms with Crippen molar-refractivity contribution >= 4 is 22.4 Å². The zero-order valence-corrected chi connectivity index (χ0v) is 10.6. The largest absolute Gasteiger partial charge is 0.300 e. The second kappa shape index (κ2) is 4.85. The van der Waals surface area contributed by atoms with Gasteiger partial charge in [0.05, 0.1) is 0 Å². The van der Waals surface area contributed by atoms with Crippen LogP contribution >= 0.6 is 11.3 Å². The summed E-state index contributed by atoms with van der Waals surface area (Å²) < 4.78 is 1.73. The number of nitrogens with zero attached hydrogens (tertiary/aromatic N) is 4. The maximum absolute atomic E-state index is 11.7. The van der Waals surface area contributed by atoms with Crippen molar-refractivity contribution in [1.82, 2.24) is 20.0 Å². The maximum atomic E-state index is 11.7. The highest BCUT2D eigenvalue weighted by atomic mass is 32.1. The van der Waals surface area contributed by atoms with Gasteiger partial charge in [0, 0.05) is 31.3 Å². The van der Waals surface area contributed by atoms with Crippen LogP contribution in [0.5, 0.6) is 0 Å². The predicted molar refractivity (Wildman–Crippen MR) is 67.4 cm³/mol. The first-order valence-electron chi connectivity index (χ1n) is 5.92. The van der Waals surface area contributed by atoms with Crippen molar-refractivity contribution in [3.05, 3.63) is 23.5 Å². The monoisotopic (exact) mass is 263 g/mol. The molecule has 1 amide bonds. The Balaban J connectivity index is 1.50. The molecule has 1 aliphatic rings. The van der Waals surface area contributed by atoms with Crippen LogP contribution in [-0.4, -0.2) is 25.9 Å². The smallest absolute Gasteiger partial charge is 0.228 e. The zero-order valence-electron chi connectivity index (χ0n) is 9.74. The molecular formula is C11H13N5OS. The number of carbonyl (C=O) groups excluding carboxylic acids is 1. The molecule has 7 heteroatoms. The van der Waals surface area contributed by atoms with E-state index in [-0.39, 0.29) is 5.91 Å². The average Bonchev–Trinajstić information content (AvgIpc) is 2.90. The minimum absolute atomic E-state index is 0.0519. The van der Waals surface area contributed by atoms with Crippen LogP contribution in [0.2, 0.25) is 0 Å². The Hall–Kier alpha value is -1.76. The highest BCUT2D eigenvalue weighted by Gasteiger charge is 2.27. The molecule has 2 aromatic rings. The molecule has 3 rings (SSSR count). The Bertz CT molecular complexity index is 531. The molecule has 0 aliphatic heterocycles. The van der Waals surface area contributed by atoms with E-state index in [1.54, 1.807) is 10.9 Å². The third-order valence-corrected chi connectivity index (χ3v) is 3.74. The Morgan fingerprint density at radius 3 is 3.11 bits per heavy atom. The second-order valence-corrected chi connectivity index (χ2v) is 5.30. The summed E-state index contributed by atoms with van der Waals surface area (Å²) in [4.78, 5) is 11.7. The van der Waals surface area contributed by atoms with Crippen molar-refractivity contribution < 1.29 is 4.79 Å². The molecule has 1 aliphatic carbocycles. The van der Waals surface area contributed by atoms with Crippen LogP contribution in [0, 0.1) is 0 Å². The van der Waals surface area contributed by atoms with Crippen molar-refractivity contribution in [2.75, 3.05) is 5.32 Å². The van der Waals surface area contributed by atoms with Crippen molar-refractivity contribution in [1.29, 1.82) is 0 Å². The van der Waals surface area contributed by atoms with Gasteiger partial charge in [-0.1, -0.05) is 11.3 Å². The summed E-state index contributed by atoms with van der Waals surface area (Å²) in [5, 5.41) is 16.5. The summed E-state index contributed by atoms with van der Waals surface area (Å²) in [7, 11) is 0. The fourth-order valence-electron chi connectivity index (χ4n) is 1.61. The van der Waals surface area contributed by atoms with Crippen LogP contribution in [0.4, 0.5) is 5.13 Å². The standard InChI is InChI=1S/C11H13N5OS/c17-9(4-7-16-6-1-5-12-16)13-11-15-14-10(18-11)8-2-3-8/h1,5-6,8H,2-4,7H2,(H,13,15,17).